The Morgan fingerprint density at radius 3 is 2.05 bits per heavy atom. The Bertz CT molecular complexity index is 425. The number of ether oxygens (including phenoxy) is 2. The first kappa shape index (κ1) is 15.3. The van der Waals surface area contributed by atoms with Gasteiger partial charge < -0.3 is 15.2 Å². The molecule has 0 fully saturated rings. The third-order valence-corrected chi connectivity index (χ3v) is 2.75. The molecule has 106 valence electrons. The van der Waals surface area contributed by atoms with E-state index in [1.165, 1.54) is 0 Å². The van der Waals surface area contributed by atoms with E-state index in [0.717, 1.165) is 12.8 Å². The molecule has 0 bridgehead atoms. The van der Waals surface area contributed by atoms with Gasteiger partial charge in [0.05, 0.1) is 12.2 Å². The quantitative estimate of drug-likeness (QED) is 0.823. The second-order valence-corrected chi connectivity index (χ2v) is 4.78. The monoisotopic (exact) mass is 265 g/mol. The molecule has 1 rings (SSSR count). The molecule has 4 nitrogen and oxygen atoms in total. The van der Waals surface area contributed by atoms with Crippen LogP contribution in [0.1, 0.15) is 50.9 Å². The number of carbonyl (C=O) groups is 1. The molecule has 0 aliphatic carbocycles. The summed E-state index contributed by atoms with van der Waals surface area (Å²) in [6.07, 6.45) is 1.99. The SMILES string of the molecule is CCC(CC)Oc1cc(OC(C)C)cc(C(N)=O)c1. The van der Waals surface area contributed by atoms with Gasteiger partial charge >= 0.3 is 0 Å². The topological polar surface area (TPSA) is 61.6 Å². The van der Waals surface area contributed by atoms with Crippen LogP contribution in [0.5, 0.6) is 11.5 Å². The number of nitrogens with two attached hydrogens (primary N) is 1. The van der Waals surface area contributed by atoms with E-state index in [-0.39, 0.29) is 12.2 Å². The largest absolute Gasteiger partial charge is 0.491 e. The zero-order chi connectivity index (χ0) is 14.4. The molecular formula is C15H23NO3. The minimum atomic E-state index is -0.483. The van der Waals surface area contributed by atoms with E-state index in [4.69, 9.17) is 15.2 Å². The van der Waals surface area contributed by atoms with Crippen LogP contribution >= 0.6 is 0 Å². The summed E-state index contributed by atoms with van der Waals surface area (Å²) in [5.41, 5.74) is 5.73. The summed E-state index contributed by atoms with van der Waals surface area (Å²) in [4.78, 5) is 11.3. The lowest BCUT2D eigenvalue weighted by molar-refractivity contribution is 0.0998. The summed E-state index contributed by atoms with van der Waals surface area (Å²) in [7, 11) is 0. The molecule has 19 heavy (non-hydrogen) atoms. The van der Waals surface area contributed by atoms with Gasteiger partial charge in [0, 0.05) is 11.6 Å². The van der Waals surface area contributed by atoms with Crippen molar-refractivity contribution in [1.29, 1.82) is 0 Å². The van der Waals surface area contributed by atoms with Crippen LogP contribution < -0.4 is 15.2 Å². The molecule has 0 saturated carbocycles. The maximum Gasteiger partial charge on any atom is 0.248 e. The average molecular weight is 265 g/mol. The Labute approximate surface area is 114 Å². The third-order valence-electron chi connectivity index (χ3n) is 2.75. The van der Waals surface area contributed by atoms with Gasteiger partial charge in [0.15, 0.2) is 0 Å². The lowest BCUT2D eigenvalue weighted by Gasteiger charge is -2.18. The summed E-state index contributed by atoms with van der Waals surface area (Å²) in [6, 6.07) is 5.10. The maximum atomic E-state index is 11.3. The molecule has 1 aromatic carbocycles. The van der Waals surface area contributed by atoms with Crippen LogP contribution in [0.2, 0.25) is 0 Å². The summed E-state index contributed by atoms with van der Waals surface area (Å²) in [5, 5.41) is 0. The van der Waals surface area contributed by atoms with Gasteiger partial charge in [0.2, 0.25) is 5.91 Å². The van der Waals surface area contributed by atoms with Gasteiger partial charge in [-0.3, -0.25) is 4.79 Å². The highest BCUT2D eigenvalue weighted by Crippen LogP contribution is 2.25. The van der Waals surface area contributed by atoms with Crippen molar-refractivity contribution < 1.29 is 14.3 Å². The molecule has 0 saturated heterocycles. The fraction of sp³-hybridized carbons (Fsp3) is 0.533. The van der Waals surface area contributed by atoms with Crippen LogP contribution in [0.25, 0.3) is 0 Å². The first-order valence-corrected chi connectivity index (χ1v) is 6.74. The molecule has 0 radical (unpaired) electrons. The average Bonchev–Trinajstić information content (AvgIpc) is 2.34. The third kappa shape index (κ3) is 4.81. The van der Waals surface area contributed by atoms with Crippen LogP contribution in [0, 0.1) is 0 Å². The predicted molar refractivity (Wildman–Crippen MR) is 75.7 cm³/mol. The van der Waals surface area contributed by atoms with E-state index < -0.39 is 5.91 Å². The van der Waals surface area contributed by atoms with Crippen molar-refractivity contribution in [3.05, 3.63) is 23.8 Å². The molecule has 2 N–H and O–H groups in total. The number of amides is 1. The van der Waals surface area contributed by atoms with E-state index in [0.29, 0.717) is 17.1 Å². The first-order valence-electron chi connectivity index (χ1n) is 6.74. The van der Waals surface area contributed by atoms with E-state index in [2.05, 4.69) is 13.8 Å². The highest BCUT2D eigenvalue weighted by atomic mass is 16.5. The van der Waals surface area contributed by atoms with E-state index in [9.17, 15) is 4.79 Å². The van der Waals surface area contributed by atoms with Crippen LogP contribution in [0.15, 0.2) is 18.2 Å². The molecule has 1 amide bonds. The second kappa shape index (κ2) is 7.02. The van der Waals surface area contributed by atoms with Crippen molar-refractivity contribution in [1.82, 2.24) is 0 Å². The molecule has 0 unspecified atom stereocenters. The standard InChI is InChI=1S/C15H23NO3/c1-5-12(6-2)19-14-8-11(15(16)17)7-13(9-14)18-10(3)4/h7-10,12H,5-6H2,1-4H3,(H2,16,17). The Kier molecular flexibility index (Phi) is 5.67. The fourth-order valence-electron chi connectivity index (χ4n) is 1.77. The molecule has 0 aliphatic rings. The molecule has 4 heteroatoms. The van der Waals surface area contributed by atoms with Crippen molar-refractivity contribution in [2.75, 3.05) is 0 Å². The van der Waals surface area contributed by atoms with Crippen molar-refractivity contribution in [3.8, 4) is 11.5 Å². The molecule has 0 aromatic heterocycles. The summed E-state index contributed by atoms with van der Waals surface area (Å²) < 4.78 is 11.4. The van der Waals surface area contributed by atoms with Crippen molar-refractivity contribution in [3.63, 3.8) is 0 Å². The van der Waals surface area contributed by atoms with Crippen molar-refractivity contribution >= 4 is 5.91 Å². The van der Waals surface area contributed by atoms with Crippen molar-refractivity contribution in [2.45, 2.75) is 52.7 Å². The minimum Gasteiger partial charge on any atom is -0.491 e. The normalized spacial score (nSPS) is 10.8. The number of primary amides is 1. The van der Waals surface area contributed by atoms with Crippen LogP contribution in [0.4, 0.5) is 0 Å². The van der Waals surface area contributed by atoms with Gasteiger partial charge in [0.25, 0.3) is 0 Å². The van der Waals surface area contributed by atoms with Gasteiger partial charge in [-0.1, -0.05) is 13.8 Å². The predicted octanol–water partition coefficient (Wildman–Crippen LogP) is 3.14. The van der Waals surface area contributed by atoms with Crippen LogP contribution in [-0.4, -0.2) is 18.1 Å². The maximum absolute atomic E-state index is 11.3. The summed E-state index contributed by atoms with van der Waals surface area (Å²) in [6.45, 7) is 7.99. The lowest BCUT2D eigenvalue weighted by Crippen LogP contribution is -2.16. The molecular weight excluding hydrogens is 242 g/mol. The zero-order valence-corrected chi connectivity index (χ0v) is 12.1. The molecule has 0 aliphatic heterocycles. The second-order valence-electron chi connectivity index (χ2n) is 4.78. The zero-order valence-electron chi connectivity index (χ0n) is 12.1. The molecule has 0 atom stereocenters. The number of benzene rings is 1. The Morgan fingerprint density at radius 2 is 1.63 bits per heavy atom. The van der Waals surface area contributed by atoms with E-state index >= 15 is 0 Å². The van der Waals surface area contributed by atoms with Crippen molar-refractivity contribution in [2.24, 2.45) is 5.73 Å². The van der Waals surface area contributed by atoms with Gasteiger partial charge in [0.1, 0.15) is 11.5 Å². The summed E-state index contributed by atoms with van der Waals surface area (Å²) in [5.74, 6) is 0.747. The van der Waals surface area contributed by atoms with Gasteiger partial charge in [-0.15, -0.1) is 0 Å². The smallest absolute Gasteiger partial charge is 0.248 e. The number of hydrogen-bond donors (Lipinski definition) is 1. The molecule has 0 heterocycles. The Hall–Kier alpha value is -1.71. The fourth-order valence-corrected chi connectivity index (χ4v) is 1.77. The van der Waals surface area contributed by atoms with Gasteiger partial charge in [-0.2, -0.15) is 0 Å². The summed E-state index contributed by atoms with van der Waals surface area (Å²) >= 11 is 0. The van der Waals surface area contributed by atoms with E-state index in [1.54, 1.807) is 18.2 Å². The van der Waals surface area contributed by atoms with Crippen LogP contribution in [-0.2, 0) is 0 Å². The Balaban J connectivity index is 3.02. The van der Waals surface area contributed by atoms with Crippen LogP contribution in [0.3, 0.4) is 0 Å². The first-order chi connectivity index (χ1) is 8.96. The number of hydrogen-bond acceptors (Lipinski definition) is 3. The Morgan fingerprint density at radius 1 is 1.11 bits per heavy atom. The number of carbonyl (C=O) groups excluding carboxylic acids is 1. The van der Waals surface area contributed by atoms with Gasteiger partial charge in [-0.25, -0.2) is 0 Å². The molecule has 1 aromatic rings. The highest BCUT2D eigenvalue weighted by Gasteiger charge is 2.11. The molecule has 0 spiro atoms. The minimum absolute atomic E-state index is 0.0316. The lowest BCUT2D eigenvalue weighted by atomic mass is 10.1. The highest BCUT2D eigenvalue weighted by molar-refractivity contribution is 5.93. The van der Waals surface area contributed by atoms with Gasteiger partial charge in [-0.05, 0) is 38.8 Å². The number of rotatable bonds is 7. The van der Waals surface area contributed by atoms with E-state index in [1.807, 2.05) is 13.8 Å².